The van der Waals surface area contributed by atoms with E-state index < -0.39 is 5.75 Å². The highest BCUT2D eigenvalue weighted by atomic mass is 16.3. The van der Waals surface area contributed by atoms with E-state index >= 15 is 0 Å². The van der Waals surface area contributed by atoms with Gasteiger partial charge in [-0.25, -0.2) is 0 Å². The molecule has 0 radical (unpaired) electrons. The third-order valence-corrected chi connectivity index (χ3v) is 3.07. The SMILES string of the molecule is C=CCNC(c1ccccc1)c1ccc(O)c(O)c1O. The van der Waals surface area contributed by atoms with Gasteiger partial charge in [0.15, 0.2) is 11.5 Å². The molecule has 2 aromatic rings. The molecule has 0 amide bonds. The van der Waals surface area contributed by atoms with Crippen LogP contribution in [0.1, 0.15) is 17.2 Å². The van der Waals surface area contributed by atoms with E-state index in [0.29, 0.717) is 12.1 Å². The lowest BCUT2D eigenvalue weighted by Gasteiger charge is -2.20. The Morgan fingerprint density at radius 1 is 1.00 bits per heavy atom. The predicted octanol–water partition coefficient (Wildman–Crippen LogP) is 2.67. The zero-order valence-electron chi connectivity index (χ0n) is 11.0. The maximum Gasteiger partial charge on any atom is 0.200 e. The highest BCUT2D eigenvalue weighted by molar-refractivity contribution is 5.55. The fourth-order valence-corrected chi connectivity index (χ4v) is 2.07. The van der Waals surface area contributed by atoms with Gasteiger partial charge in [-0.3, -0.25) is 0 Å². The van der Waals surface area contributed by atoms with Gasteiger partial charge in [0.1, 0.15) is 0 Å². The molecular weight excluding hydrogens is 254 g/mol. The lowest BCUT2D eigenvalue weighted by Crippen LogP contribution is -2.22. The topological polar surface area (TPSA) is 72.7 Å². The highest BCUT2D eigenvalue weighted by Crippen LogP contribution is 2.41. The minimum Gasteiger partial charge on any atom is -0.504 e. The Labute approximate surface area is 117 Å². The van der Waals surface area contributed by atoms with Crippen LogP contribution in [0.15, 0.2) is 55.1 Å². The van der Waals surface area contributed by atoms with Gasteiger partial charge in [0.25, 0.3) is 0 Å². The number of hydrogen-bond donors (Lipinski definition) is 4. The molecule has 0 saturated carbocycles. The molecule has 4 N–H and O–H groups in total. The number of nitrogens with one attached hydrogen (secondary N) is 1. The Morgan fingerprint density at radius 2 is 1.70 bits per heavy atom. The van der Waals surface area contributed by atoms with Gasteiger partial charge in [0.05, 0.1) is 6.04 Å². The maximum atomic E-state index is 10.0. The number of phenolic OH excluding ortho intramolecular Hbond substituents is 3. The van der Waals surface area contributed by atoms with Crippen molar-refractivity contribution >= 4 is 0 Å². The third kappa shape index (κ3) is 2.75. The molecule has 0 aliphatic rings. The van der Waals surface area contributed by atoms with Gasteiger partial charge in [-0.1, -0.05) is 36.4 Å². The van der Waals surface area contributed by atoms with E-state index in [9.17, 15) is 15.3 Å². The van der Waals surface area contributed by atoms with E-state index in [1.54, 1.807) is 12.1 Å². The van der Waals surface area contributed by atoms with Crippen molar-refractivity contribution in [3.63, 3.8) is 0 Å². The van der Waals surface area contributed by atoms with E-state index in [-0.39, 0.29) is 17.5 Å². The quantitative estimate of drug-likeness (QED) is 0.498. The summed E-state index contributed by atoms with van der Waals surface area (Å²) in [4.78, 5) is 0. The van der Waals surface area contributed by atoms with Gasteiger partial charge < -0.3 is 20.6 Å². The molecule has 4 nitrogen and oxygen atoms in total. The van der Waals surface area contributed by atoms with Crippen molar-refractivity contribution in [2.24, 2.45) is 0 Å². The van der Waals surface area contributed by atoms with Crippen LogP contribution in [0.2, 0.25) is 0 Å². The first kappa shape index (κ1) is 14.0. The molecule has 104 valence electrons. The van der Waals surface area contributed by atoms with Crippen LogP contribution >= 0.6 is 0 Å². The number of benzene rings is 2. The summed E-state index contributed by atoms with van der Waals surface area (Å²) in [7, 11) is 0. The Bertz CT molecular complexity index is 596. The molecule has 4 heteroatoms. The molecule has 2 rings (SSSR count). The van der Waals surface area contributed by atoms with Crippen LogP contribution in [0.3, 0.4) is 0 Å². The molecule has 1 atom stereocenters. The summed E-state index contributed by atoms with van der Waals surface area (Å²) in [6.45, 7) is 4.20. The summed E-state index contributed by atoms with van der Waals surface area (Å²) in [6.07, 6.45) is 1.72. The number of aromatic hydroxyl groups is 3. The molecule has 0 aromatic heterocycles. The fourth-order valence-electron chi connectivity index (χ4n) is 2.07. The normalized spacial score (nSPS) is 12.0. The summed E-state index contributed by atoms with van der Waals surface area (Å²) in [6, 6.07) is 12.2. The molecule has 0 aliphatic heterocycles. The Kier molecular flexibility index (Phi) is 4.27. The lowest BCUT2D eigenvalue weighted by molar-refractivity contribution is 0.362. The largest absolute Gasteiger partial charge is 0.504 e. The zero-order chi connectivity index (χ0) is 14.5. The first-order chi connectivity index (χ1) is 9.65. The summed E-state index contributed by atoms with van der Waals surface area (Å²) < 4.78 is 0. The molecule has 1 unspecified atom stereocenters. The molecular formula is C16H17NO3. The van der Waals surface area contributed by atoms with Crippen LogP contribution in [0, 0.1) is 0 Å². The first-order valence-corrected chi connectivity index (χ1v) is 6.28. The van der Waals surface area contributed by atoms with Crippen LogP contribution in [-0.4, -0.2) is 21.9 Å². The number of hydrogen-bond acceptors (Lipinski definition) is 4. The zero-order valence-corrected chi connectivity index (χ0v) is 11.0. The molecule has 0 saturated heterocycles. The maximum absolute atomic E-state index is 10.0. The molecule has 0 heterocycles. The van der Waals surface area contributed by atoms with Crippen molar-refractivity contribution in [3.05, 3.63) is 66.2 Å². The van der Waals surface area contributed by atoms with Crippen LogP contribution in [-0.2, 0) is 0 Å². The molecule has 0 spiro atoms. The first-order valence-electron chi connectivity index (χ1n) is 6.28. The van der Waals surface area contributed by atoms with Gasteiger partial charge in [0, 0.05) is 12.1 Å². The second-order valence-corrected chi connectivity index (χ2v) is 4.41. The van der Waals surface area contributed by atoms with Crippen LogP contribution in [0.5, 0.6) is 17.2 Å². The van der Waals surface area contributed by atoms with Crippen LogP contribution in [0.4, 0.5) is 0 Å². The van der Waals surface area contributed by atoms with E-state index in [1.807, 2.05) is 30.3 Å². The minimum absolute atomic E-state index is 0.305. The molecule has 0 aliphatic carbocycles. The van der Waals surface area contributed by atoms with Crippen molar-refractivity contribution in [3.8, 4) is 17.2 Å². The highest BCUT2D eigenvalue weighted by Gasteiger charge is 2.20. The smallest absolute Gasteiger partial charge is 0.200 e. The number of phenols is 3. The molecule has 2 aromatic carbocycles. The van der Waals surface area contributed by atoms with Crippen molar-refractivity contribution in [1.82, 2.24) is 5.32 Å². The van der Waals surface area contributed by atoms with Crippen LogP contribution < -0.4 is 5.32 Å². The van der Waals surface area contributed by atoms with Crippen LogP contribution in [0.25, 0.3) is 0 Å². The summed E-state index contributed by atoms with van der Waals surface area (Å²) in [5.41, 5.74) is 1.43. The Hall–Kier alpha value is -2.46. The van der Waals surface area contributed by atoms with E-state index in [2.05, 4.69) is 11.9 Å². The van der Waals surface area contributed by atoms with Crippen molar-refractivity contribution < 1.29 is 15.3 Å². The van der Waals surface area contributed by atoms with Gasteiger partial charge in [-0.15, -0.1) is 6.58 Å². The Balaban J connectivity index is 2.47. The minimum atomic E-state index is -0.510. The molecule has 20 heavy (non-hydrogen) atoms. The summed E-state index contributed by atoms with van der Waals surface area (Å²) >= 11 is 0. The van der Waals surface area contributed by atoms with E-state index in [4.69, 9.17) is 0 Å². The van der Waals surface area contributed by atoms with E-state index in [1.165, 1.54) is 6.07 Å². The third-order valence-electron chi connectivity index (χ3n) is 3.07. The average molecular weight is 271 g/mol. The second-order valence-electron chi connectivity index (χ2n) is 4.41. The fraction of sp³-hybridized carbons (Fsp3) is 0.125. The van der Waals surface area contributed by atoms with Gasteiger partial charge in [-0.2, -0.15) is 0 Å². The van der Waals surface area contributed by atoms with E-state index in [0.717, 1.165) is 5.56 Å². The monoisotopic (exact) mass is 271 g/mol. The number of rotatable bonds is 5. The second kappa shape index (κ2) is 6.12. The average Bonchev–Trinajstić information content (AvgIpc) is 2.48. The van der Waals surface area contributed by atoms with Crippen molar-refractivity contribution in [2.45, 2.75) is 6.04 Å². The summed E-state index contributed by atoms with van der Waals surface area (Å²) in [5, 5.41) is 32.3. The standard InChI is InChI=1S/C16H17NO3/c1-2-10-17-14(11-6-4-3-5-7-11)12-8-9-13(18)16(20)15(12)19/h2-9,14,17-20H,1,10H2. The van der Waals surface area contributed by atoms with Crippen molar-refractivity contribution in [1.29, 1.82) is 0 Å². The lowest BCUT2D eigenvalue weighted by atomic mass is 9.97. The van der Waals surface area contributed by atoms with Gasteiger partial charge in [-0.05, 0) is 17.7 Å². The molecule has 0 bridgehead atoms. The van der Waals surface area contributed by atoms with Gasteiger partial charge in [0.2, 0.25) is 5.75 Å². The van der Waals surface area contributed by atoms with Crippen molar-refractivity contribution in [2.75, 3.05) is 6.54 Å². The van der Waals surface area contributed by atoms with Gasteiger partial charge >= 0.3 is 0 Å². The Morgan fingerprint density at radius 3 is 2.35 bits per heavy atom. The predicted molar refractivity (Wildman–Crippen MR) is 77.9 cm³/mol. The summed E-state index contributed by atoms with van der Waals surface area (Å²) in [5.74, 6) is -1.18. The molecule has 0 fully saturated rings.